The van der Waals surface area contributed by atoms with Crippen LogP contribution in [0.5, 0.6) is 0 Å². The van der Waals surface area contributed by atoms with Crippen LogP contribution in [0, 0.1) is 0 Å². The lowest BCUT2D eigenvalue weighted by atomic mass is 9.36. The van der Waals surface area contributed by atoms with Crippen molar-refractivity contribution < 1.29 is 0 Å². The first-order valence-electron chi connectivity index (χ1n) is 17.8. The Morgan fingerprint density at radius 2 is 0.922 bits per heavy atom. The molecule has 242 valence electrons. The molecule has 2 heterocycles. The van der Waals surface area contributed by atoms with Gasteiger partial charge in [0.2, 0.25) is 6.71 Å². The molecule has 10 rings (SSSR count). The van der Waals surface area contributed by atoms with Gasteiger partial charge >= 0.3 is 0 Å². The standard InChI is InChI=1S/C48H35BS2/c1-48(2,3)34-24-25-42-40(29-34)49-39-22-11-12-23-41(39)50-43-27-33(28-44(51-42)47(43)49)31-16-13-17-32(26-31)46-37-20-9-7-18-35(37)45(30-14-5-4-6-15-30)36-19-8-10-21-38(36)46/h4-29H,1-3H3. The van der Waals surface area contributed by atoms with Crippen molar-refractivity contribution in [3.8, 4) is 33.4 Å². The average molecular weight is 687 g/mol. The van der Waals surface area contributed by atoms with Gasteiger partial charge in [-0.05, 0) is 102 Å². The van der Waals surface area contributed by atoms with Gasteiger partial charge in [-0.25, -0.2) is 0 Å². The van der Waals surface area contributed by atoms with Crippen molar-refractivity contribution in [2.45, 2.75) is 45.8 Å². The summed E-state index contributed by atoms with van der Waals surface area (Å²) in [5, 5.41) is 5.13. The Bertz CT molecular complexity index is 2610. The maximum absolute atomic E-state index is 2.49. The molecule has 0 bridgehead atoms. The summed E-state index contributed by atoms with van der Waals surface area (Å²) >= 11 is 3.88. The van der Waals surface area contributed by atoms with Crippen LogP contribution >= 0.6 is 23.5 Å². The first kappa shape index (κ1) is 30.8. The average Bonchev–Trinajstić information content (AvgIpc) is 3.16. The molecule has 0 fully saturated rings. The molecule has 0 radical (unpaired) electrons. The van der Waals surface area contributed by atoms with Crippen molar-refractivity contribution in [1.29, 1.82) is 0 Å². The van der Waals surface area contributed by atoms with Gasteiger partial charge in [-0.1, -0.05) is 183 Å². The quantitative estimate of drug-likeness (QED) is 0.134. The van der Waals surface area contributed by atoms with Crippen molar-refractivity contribution in [2.24, 2.45) is 0 Å². The smallest absolute Gasteiger partial charge is 0.0911 e. The molecule has 2 aliphatic rings. The second kappa shape index (κ2) is 11.8. The van der Waals surface area contributed by atoms with Gasteiger partial charge in [-0.3, -0.25) is 0 Å². The van der Waals surface area contributed by atoms with Crippen molar-refractivity contribution in [2.75, 3.05) is 0 Å². The molecule has 0 unspecified atom stereocenters. The molecule has 0 saturated heterocycles. The monoisotopic (exact) mass is 686 g/mol. The van der Waals surface area contributed by atoms with Crippen molar-refractivity contribution >= 4 is 68.2 Å². The molecule has 0 atom stereocenters. The van der Waals surface area contributed by atoms with E-state index in [9.17, 15) is 0 Å². The van der Waals surface area contributed by atoms with E-state index in [1.165, 1.54) is 96.5 Å². The Hall–Kier alpha value is -4.96. The van der Waals surface area contributed by atoms with E-state index < -0.39 is 0 Å². The minimum absolute atomic E-state index is 0.0964. The Labute approximate surface area is 309 Å². The van der Waals surface area contributed by atoms with Crippen molar-refractivity contribution in [3.63, 3.8) is 0 Å². The van der Waals surface area contributed by atoms with Crippen molar-refractivity contribution in [3.05, 3.63) is 163 Å². The molecule has 51 heavy (non-hydrogen) atoms. The maximum atomic E-state index is 2.49. The van der Waals surface area contributed by atoms with Crippen LogP contribution in [0.2, 0.25) is 0 Å². The number of benzene rings is 8. The third-order valence-electron chi connectivity index (χ3n) is 10.7. The van der Waals surface area contributed by atoms with Gasteiger partial charge in [0.15, 0.2) is 0 Å². The SMILES string of the molecule is CC(C)(C)c1ccc2c(c1)B1c3ccccc3Sc3cc(-c4cccc(-c5c6ccccc6c(-c6ccccc6)c6ccccc56)c4)cc(c31)S2. The largest absolute Gasteiger partial charge is 0.247 e. The first-order chi connectivity index (χ1) is 24.9. The summed E-state index contributed by atoms with van der Waals surface area (Å²) in [6.07, 6.45) is 0. The van der Waals surface area contributed by atoms with E-state index in [0.29, 0.717) is 0 Å². The fourth-order valence-electron chi connectivity index (χ4n) is 8.29. The molecular weight excluding hydrogens is 651 g/mol. The van der Waals surface area contributed by atoms with Gasteiger partial charge in [0.25, 0.3) is 0 Å². The van der Waals surface area contributed by atoms with Crippen LogP contribution in [0.25, 0.3) is 54.9 Å². The van der Waals surface area contributed by atoms with Crippen LogP contribution in [0.4, 0.5) is 0 Å². The van der Waals surface area contributed by atoms with Crippen LogP contribution in [0.15, 0.2) is 177 Å². The molecule has 0 amide bonds. The van der Waals surface area contributed by atoms with E-state index in [0.717, 1.165) is 0 Å². The van der Waals surface area contributed by atoms with E-state index in [1.54, 1.807) is 0 Å². The van der Waals surface area contributed by atoms with Gasteiger partial charge in [0, 0.05) is 19.6 Å². The van der Waals surface area contributed by atoms with Gasteiger partial charge in [0.1, 0.15) is 0 Å². The lowest BCUT2D eigenvalue weighted by Crippen LogP contribution is -2.58. The van der Waals surface area contributed by atoms with Crippen LogP contribution < -0.4 is 16.4 Å². The lowest BCUT2D eigenvalue weighted by Gasteiger charge is -2.34. The maximum Gasteiger partial charge on any atom is 0.247 e. The van der Waals surface area contributed by atoms with Crippen LogP contribution in [0.1, 0.15) is 26.3 Å². The third-order valence-corrected chi connectivity index (χ3v) is 13.0. The number of rotatable bonds is 3. The minimum Gasteiger partial charge on any atom is -0.0911 e. The fourth-order valence-corrected chi connectivity index (χ4v) is 10.8. The molecule has 8 aromatic carbocycles. The fraction of sp³-hybridized carbons (Fsp3) is 0.0833. The molecule has 8 aromatic rings. The molecule has 0 nitrogen and oxygen atoms in total. The van der Waals surface area contributed by atoms with Gasteiger partial charge in [-0.15, -0.1) is 0 Å². The highest BCUT2D eigenvalue weighted by Crippen LogP contribution is 2.45. The molecule has 0 N–H and O–H groups in total. The Kier molecular flexibility index (Phi) is 7.14. The zero-order valence-electron chi connectivity index (χ0n) is 28.9. The molecule has 0 spiro atoms. The molecule has 0 saturated carbocycles. The topological polar surface area (TPSA) is 0 Å². The van der Waals surface area contributed by atoms with Crippen LogP contribution in [-0.4, -0.2) is 6.71 Å². The summed E-state index contributed by atoms with van der Waals surface area (Å²) in [4.78, 5) is 5.48. The number of hydrogen-bond donors (Lipinski definition) is 0. The third kappa shape index (κ3) is 5.01. The Balaban J connectivity index is 1.16. The van der Waals surface area contributed by atoms with E-state index in [1.807, 2.05) is 23.5 Å². The Morgan fingerprint density at radius 1 is 0.392 bits per heavy atom. The predicted octanol–water partition coefficient (Wildman–Crippen LogP) is 11.7. The molecule has 0 aromatic heterocycles. The summed E-state index contributed by atoms with van der Waals surface area (Å²) < 4.78 is 0. The highest BCUT2D eigenvalue weighted by atomic mass is 32.2. The van der Waals surface area contributed by atoms with Crippen LogP contribution in [0.3, 0.4) is 0 Å². The first-order valence-corrected chi connectivity index (χ1v) is 19.4. The highest BCUT2D eigenvalue weighted by molar-refractivity contribution is 8.01. The zero-order chi connectivity index (χ0) is 34.3. The van der Waals surface area contributed by atoms with E-state index in [4.69, 9.17) is 0 Å². The predicted molar refractivity (Wildman–Crippen MR) is 222 cm³/mol. The van der Waals surface area contributed by atoms with Gasteiger partial charge in [-0.2, -0.15) is 0 Å². The summed E-state index contributed by atoms with van der Waals surface area (Å²) in [6, 6.07) is 59.1. The highest BCUT2D eigenvalue weighted by Gasteiger charge is 2.38. The van der Waals surface area contributed by atoms with E-state index in [-0.39, 0.29) is 12.1 Å². The molecule has 3 heteroatoms. The van der Waals surface area contributed by atoms with Crippen molar-refractivity contribution in [1.82, 2.24) is 0 Å². The van der Waals surface area contributed by atoms with E-state index in [2.05, 4.69) is 178 Å². The number of hydrogen-bond acceptors (Lipinski definition) is 2. The molecule has 0 aliphatic carbocycles. The molecular formula is C48H35BS2. The molecule has 2 aliphatic heterocycles. The lowest BCUT2D eigenvalue weighted by molar-refractivity contribution is 0.590. The second-order valence-corrected chi connectivity index (χ2v) is 17.0. The zero-order valence-corrected chi connectivity index (χ0v) is 30.5. The summed E-state index contributed by atoms with van der Waals surface area (Å²) in [5.41, 5.74) is 13.4. The number of fused-ring (bicyclic) bond motifs is 6. The summed E-state index contributed by atoms with van der Waals surface area (Å²) in [5.74, 6) is 0. The van der Waals surface area contributed by atoms with Gasteiger partial charge in [0.05, 0.1) is 0 Å². The van der Waals surface area contributed by atoms with Crippen LogP contribution in [-0.2, 0) is 5.41 Å². The van der Waals surface area contributed by atoms with Gasteiger partial charge < -0.3 is 0 Å². The second-order valence-electron chi connectivity index (χ2n) is 14.9. The minimum atomic E-state index is 0.0964. The normalized spacial score (nSPS) is 13.2. The van der Waals surface area contributed by atoms with E-state index >= 15 is 0 Å². The summed E-state index contributed by atoms with van der Waals surface area (Å²) in [6.45, 7) is 7.20. The summed E-state index contributed by atoms with van der Waals surface area (Å²) in [7, 11) is 0. The Morgan fingerprint density at radius 3 is 1.57 bits per heavy atom.